The molecule has 0 saturated heterocycles. The van der Waals surface area contributed by atoms with Gasteiger partial charge in [-0.2, -0.15) is 4.40 Å². The molecule has 1 heterocycles. The van der Waals surface area contributed by atoms with Crippen molar-refractivity contribution in [3.8, 4) is 0 Å². The van der Waals surface area contributed by atoms with Crippen LogP contribution in [0.15, 0.2) is 22.7 Å². The Labute approximate surface area is 108 Å². The largest absolute Gasteiger partial charge is 0.280 e. The van der Waals surface area contributed by atoms with Gasteiger partial charge in [-0.3, -0.25) is 4.98 Å². The Hall–Kier alpha value is -1.17. The summed E-state index contributed by atoms with van der Waals surface area (Å²) in [4.78, 5) is 3.57. The predicted molar refractivity (Wildman–Crippen MR) is 69.3 cm³/mol. The third kappa shape index (κ3) is 3.94. The van der Waals surface area contributed by atoms with Crippen LogP contribution in [-0.4, -0.2) is 19.7 Å². The van der Waals surface area contributed by atoms with E-state index in [2.05, 4.69) is 9.38 Å². The van der Waals surface area contributed by atoms with Crippen LogP contribution in [0.1, 0.15) is 45.4 Å². The molecule has 18 heavy (non-hydrogen) atoms. The number of halogens is 2. The maximum Gasteiger partial charge on any atom is 0.280 e. The fourth-order valence-corrected chi connectivity index (χ4v) is 1.73. The van der Waals surface area contributed by atoms with Crippen LogP contribution >= 0.6 is 0 Å². The van der Waals surface area contributed by atoms with Crippen LogP contribution in [0.4, 0.5) is 8.78 Å². The standard InChI is InChI=1S/C12H16F2N2OS/c1-8(16-18(17)12(2,3)4)9-5-6-15-10(7-9)11(13)14/h5-7,11H,1-4H3/t18-/m0/s1. The van der Waals surface area contributed by atoms with E-state index in [0.717, 1.165) is 0 Å². The summed E-state index contributed by atoms with van der Waals surface area (Å²) in [5.41, 5.74) is 0.675. The summed E-state index contributed by atoms with van der Waals surface area (Å²) < 4.78 is 40.4. The zero-order valence-corrected chi connectivity index (χ0v) is 11.6. The molecule has 0 N–H and O–H groups in total. The lowest BCUT2D eigenvalue weighted by atomic mass is 10.1. The van der Waals surface area contributed by atoms with E-state index >= 15 is 0 Å². The maximum absolute atomic E-state index is 12.5. The molecule has 0 aromatic carbocycles. The van der Waals surface area contributed by atoms with Gasteiger partial charge in [0.2, 0.25) is 0 Å². The Morgan fingerprint density at radius 1 is 1.44 bits per heavy atom. The molecule has 0 unspecified atom stereocenters. The number of nitrogens with zero attached hydrogens (tertiary/aromatic N) is 2. The first-order valence-electron chi connectivity index (χ1n) is 5.43. The third-order valence-electron chi connectivity index (χ3n) is 2.17. The first-order chi connectivity index (χ1) is 8.21. The van der Waals surface area contributed by atoms with Gasteiger partial charge < -0.3 is 0 Å². The molecule has 0 amide bonds. The summed E-state index contributed by atoms with van der Waals surface area (Å²) in [5, 5.41) is 0. The molecule has 1 atom stereocenters. The molecule has 0 radical (unpaired) electrons. The minimum absolute atomic E-state index is 0.302. The first-order valence-corrected chi connectivity index (χ1v) is 6.54. The highest BCUT2D eigenvalue weighted by Crippen LogP contribution is 2.18. The lowest BCUT2D eigenvalue weighted by Crippen LogP contribution is -2.20. The molecular weight excluding hydrogens is 258 g/mol. The van der Waals surface area contributed by atoms with E-state index in [1.54, 1.807) is 33.8 Å². The second kappa shape index (κ2) is 5.65. The van der Waals surface area contributed by atoms with Crippen LogP contribution < -0.4 is 0 Å². The van der Waals surface area contributed by atoms with Crippen LogP contribution in [0, 0.1) is 0 Å². The molecule has 0 aliphatic heterocycles. The van der Waals surface area contributed by atoms with Gasteiger partial charge in [-0.25, -0.2) is 13.0 Å². The minimum Gasteiger partial charge on any atom is -0.255 e. The summed E-state index contributed by atoms with van der Waals surface area (Å²) in [6, 6.07) is 2.84. The SMILES string of the molecule is CC(=N[S@@](=O)C(C)(C)C)c1ccnc(C(F)F)c1. The van der Waals surface area contributed by atoms with Crippen LogP contribution in [0.3, 0.4) is 0 Å². The van der Waals surface area contributed by atoms with Gasteiger partial charge in [0.15, 0.2) is 0 Å². The quantitative estimate of drug-likeness (QED) is 0.794. The summed E-state index contributed by atoms with van der Waals surface area (Å²) in [6.45, 7) is 7.05. The summed E-state index contributed by atoms with van der Waals surface area (Å²) in [5.74, 6) is 0. The fraction of sp³-hybridized carbons (Fsp3) is 0.500. The monoisotopic (exact) mass is 274 g/mol. The highest BCUT2D eigenvalue weighted by atomic mass is 32.2. The molecule has 1 rings (SSSR count). The molecule has 0 aliphatic rings. The van der Waals surface area contributed by atoms with Gasteiger partial charge in [-0.05, 0) is 45.4 Å². The van der Waals surface area contributed by atoms with Crippen molar-refractivity contribution >= 4 is 16.7 Å². The van der Waals surface area contributed by atoms with E-state index < -0.39 is 22.2 Å². The molecule has 0 aliphatic carbocycles. The molecule has 0 spiro atoms. The van der Waals surface area contributed by atoms with Gasteiger partial charge >= 0.3 is 0 Å². The Morgan fingerprint density at radius 3 is 2.56 bits per heavy atom. The van der Waals surface area contributed by atoms with Crippen molar-refractivity contribution in [1.29, 1.82) is 0 Å². The van der Waals surface area contributed by atoms with Crippen LogP contribution in [-0.2, 0) is 11.0 Å². The van der Waals surface area contributed by atoms with Gasteiger partial charge in [-0.15, -0.1) is 0 Å². The van der Waals surface area contributed by atoms with Gasteiger partial charge in [0.25, 0.3) is 6.43 Å². The number of alkyl halides is 2. The highest BCUT2D eigenvalue weighted by molar-refractivity contribution is 7.85. The Balaban J connectivity index is 3.04. The van der Waals surface area contributed by atoms with Crippen molar-refractivity contribution in [2.45, 2.75) is 38.9 Å². The fourth-order valence-electron chi connectivity index (χ4n) is 1.11. The van der Waals surface area contributed by atoms with Crippen LogP contribution in [0.25, 0.3) is 0 Å². The Kier molecular flexibility index (Phi) is 4.67. The Morgan fingerprint density at radius 2 is 2.06 bits per heavy atom. The first kappa shape index (κ1) is 14.9. The average molecular weight is 274 g/mol. The molecular formula is C12H16F2N2OS. The van der Waals surface area contributed by atoms with Crippen LogP contribution in [0.5, 0.6) is 0 Å². The second-order valence-electron chi connectivity index (χ2n) is 4.81. The van der Waals surface area contributed by atoms with E-state index in [9.17, 15) is 13.0 Å². The molecule has 6 heteroatoms. The smallest absolute Gasteiger partial charge is 0.255 e. The zero-order valence-electron chi connectivity index (χ0n) is 10.8. The lowest BCUT2D eigenvalue weighted by Gasteiger charge is -2.14. The van der Waals surface area contributed by atoms with Crippen molar-refractivity contribution < 1.29 is 13.0 Å². The van der Waals surface area contributed by atoms with E-state index in [1.165, 1.54) is 12.3 Å². The lowest BCUT2D eigenvalue weighted by molar-refractivity contribution is 0.146. The van der Waals surface area contributed by atoms with E-state index in [1.807, 2.05) is 0 Å². The van der Waals surface area contributed by atoms with E-state index in [-0.39, 0.29) is 5.69 Å². The van der Waals surface area contributed by atoms with Gasteiger partial charge in [0, 0.05) is 6.20 Å². The van der Waals surface area contributed by atoms with Crippen molar-refractivity contribution in [3.05, 3.63) is 29.6 Å². The van der Waals surface area contributed by atoms with Crippen molar-refractivity contribution in [3.63, 3.8) is 0 Å². The van der Waals surface area contributed by atoms with Gasteiger partial charge in [-0.1, -0.05) is 0 Å². The molecule has 0 saturated carbocycles. The number of pyridine rings is 1. The molecule has 1 aromatic heterocycles. The van der Waals surface area contributed by atoms with Crippen molar-refractivity contribution in [2.24, 2.45) is 4.40 Å². The molecule has 1 aromatic rings. The van der Waals surface area contributed by atoms with Crippen LogP contribution in [0.2, 0.25) is 0 Å². The molecule has 3 nitrogen and oxygen atoms in total. The minimum atomic E-state index is -2.62. The average Bonchev–Trinajstić information content (AvgIpc) is 2.27. The number of hydrogen-bond acceptors (Lipinski definition) is 2. The van der Waals surface area contributed by atoms with E-state index in [0.29, 0.717) is 11.3 Å². The number of aromatic nitrogens is 1. The highest BCUT2D eigenvalue weighted by Gasteiger charge is 2.19. The third-order valence-corrected chi connectivity index (χ3v) is 3.65. The molecule has 100 valence electrons. The maximum atomic E-state index is 12.5. The predicted octanol–water partition coefficient (Wildman–Crippen LogP) is 3.29. The van der Waals surface area contributed by atoms with Gasteiger partial charge in [0.05, 0.1) is 10.5 Å². The second-order valence-corrected chi connectivity index (χ2v) is 6.71. The van der Waals surface area contributed by atoms with E-state index in [4.69, 9.17) is 0 Å². The number of rotatable bonds is 3. The van der Waals surface area contributed by atoms with Crippen molar-refractivity contribution in [2.75, 3.05) is 0 Å². The summed E-state index contributed by atoms with van der Waals surface area (Å²) in [6.07, 6.45) is -1.32. The number of hydrogen-bond donors (Lipinski definition) is 0. The van der Waals surface area contributed by atoms with Gasteiger partial charge in [0.1, 0.15) is 16.7 Å². The summed E-state index contributed by atoms with van der Waals surface area (Å²) >= 11 is 0. The Bertz CT molecular complexity index is 481. The van der Waals surface area contributed by atoms with Crippen molar-refractivity contribution in [1.82, 2.24) is 4.98 Å². The zero-order chi connectivity index (χ0) is 13.9. The normalized spacial score (nSPS) is 14.9. The molecule has 0 fully saturated rings. The molecule has 0 bridgehead atoms. The summed E-state index contributed by atoms with van der Waals surface area (Å²) in [7, 11) is -1.41. The topological polar surface area (TPSA) is 42.3 Å².